The number of rotatable bonds is 2. The summed E-state index contributed by atoms with van der Waals surface area (Å²) in [6.45, 7) is 3.73. The second-order valence-corrected chi connectivity index (χ2v) is 8.30. The Morgan fingerprint density at radius 2 is 1.35 bits per heavy atom. The highest BCUT2D eigenvalue weighted by atomic mass is 16.5. The Labute approximate surface area is 221 Å². The number of carbonyl (C=O) groups is 1. The topological polar surface area (TPSA) is 73.8 Å². The number of amides is 2. The number of anilines is 1. The molecule has 6 heteroatoms. The third kappa shape index (κ3) is 12.1. The zero-order chi connectivity index (χ0) is 26.6. The van der Waals surface area contributed by atoms with Gasteiger partial charge in [-0.1, -0.05) is 54.3 Å². The van der Waals surface area contributed by atoms with Crippen LogP contribution >= 0.6 is 0 Å². The SMILES string of the molecule is C(#Cc1ccccc1)c1ccccc1.CO.COc1cccc(NC(=O)N2CCCCNCCCC2)c1. The Morgan fingerprint density at radius 1 is 0.811 bits per heavy atom. The summed E-state index contributed by atoms with van der Waals surface area (Å²) in [6.07, 6.45) is 4.31. The van der Waals surface area contributed by atoms with Crippen molar-refractivity contribution in [1.82, 2.24) is 10.2 Å². The van der Waals surface area contributed by atoms with Crippen molar-refractivity contribution in [2.45, 2.75) is 25.7 Å². The van der Waals surface area contributed by atoms with Crippen LogP contribution in [0.1, 0.15) is 36.8 Å². The second-order valence-electron chi connectivity index (χ2n) is 8.30. The molecule has 0 atom stereocenters. The number of methoxy groups -OCH3 is 1. The van der Waals surface area contributed by atoms with Gasteiger partial charge in [0.05, 0.1) is 7.11 Å². The van der Waals surface area contributed by atoms with Crippen molar-refractivity contribution in [3.63, 3.8) is 0 Å². The highest BCUT2D eigenvalue weighted by Gasteiger charge is 2.14. The van der Waals surface area contributed by atoms with E-state index >= 15 is 0 Å². The predicted octanol–water partition coefficient (Wildman–Crippen LogP) is 5.39. The summed E-state index contributed by atoms with van der Waals surface area (Å²) in [6, 6.07) is 27.5. The maximum Gasteiger partial charge on any atom is 0.321 e. The molecule has 1 fully saturated rings. The molecule has 3 N–H and O–H groups in total. The predicted molar refractivity (Wildman–Crippen MR) is 152 cm³/mol. The molecule has 37 heavy (non-hydrogen) atoms. The van der Waals surface area contributed by atoms with E-state index in [9.17, 15) is 4.79 Å². The minimum absolute atomic E-state index is 0.0169. The van der Waals surface area contributed by atoms with Crippen molar-refractivity contribution in [3.8, 4) is 17.6 Å². The molecule has 2 amide bonds. The molecule has 0 unspecified atom stereocenters. The van der Waals surface area contributed by atoms with Gasteiger partial charge in [-0.3, -0.25) is 0 Å². The number of nitrogens with zero attached hydrogens (tertiary/aromatic N) is 1. The number of hydrogen-bond donors (Lipinski definition) is 3. The first-order valence-corrected chi connectivity index (χ1v) is 12.7. The van der Waals surface area contributed by atoms with Crippen molar-refractivity contribution in [3.05, 3.63) is 96.1 Å². The van der Waals surface area contributed by atoms with Crippen molar-refractivity contribution >= 4 is 11.7 Å². The van der Waals surface area contributed by atoms with E-state index in [2.05, 4.69) is 22.5 Å². The number of hydrogen-bond acceptors (Lipinski definition) is 4. The van der Waals surface area contributed by atoms with Crippen LogP contribution < -0.4 is 15.4 Å². The lowest BCUT2D eigenvalue weighted by molar-refractivity contribution is 0.208. The normalized spacial score (nSPS) is 13.2. The molecule has 6 nitrogen and oxygen atoms in total. The summed E-state index contributed by atoms with van der Waals surface area (Å²) >= 11 is 0. The summed E-state index contributed by atoms with van der Waals surface area (Å²) in [5.74, 6) is 6.97. The van der Waals surface area contributed by atoms with E-state index < -0.39 is 0 Å². The van der Waals surface area contributed by atoms with Gasteiger partial charge in [0.2, 0.25) is 0 Å². The largest absolute Gasteiger partial charge is 0.497 e. The number of nitrogens with one attached hydrogen (secondary N) is 2. The van der Waals surface area contributed by atoms with Crippen LogP contribution in [0.5, 0.6) is 5.75 Å². The van der Waals surface area contributed by atoms with E-state index in [1.165, 1.54) is 0 Å². The third-order valence-corrected chi connectivity index (χ3v) is 5.57. The smallest absolute Gasteiger partial charge is 0.321 e. The Kier molecular flexibility index (Phi) is 14.7. The fourth-order valence-corrected chi connectivity index (χ4v) is 3.64. The molecule has 1 heterocycles. The minimum Gasteiger partial charge on any atom is -0.497 e. The summed E-state index contributed by atoms with van der Waals surface area (Å²) in [7, 11) is 2.62. The van der Waals surface area contributed by atoms with Crippen LogP contribution in [0.3, 0.4) is 0 Å². The van der Waals surface area contributed by atoms with Crippen molar-refractivity contribution in [1.29, 1.82) is 0 Å². The molecular weight excluding hydrogens is 462 g/mol. The summed E-state index contributed by atoms with van der Waals surface area (Å²) < 4.78 is 5.18. The molecule has 0 radical (unpaired) electrons. The number of aliphatic hydroxyl groups excluding tert-OH is 1. The Hall–Kier alpha value is -3.79. The number of benzene rings is 3. The molecule has 1 saturated heterocycles. The fraction of sp³-hybridized carbons (Fsp3) is 0.323. The lowest BCUT2D eigenvalue weighted by atomic mass is 10.2. The lowest BCUT2D eigenvalue weighted by Crippen LogP contribution is -2.37. The minimum atomic E-state index is -0.0169. The van der Waals surface area contributed by atoms with Gasteiger partial charge in [0.1, 0.15) is 5.75 Å². The maximum atomic E-state index is 12.4. The van der Waals surface area contributed by atoms with Crippen LogP contribution in [-0.2, 0) is 0 Å². The van der Waals surface area contributed by atoms with Crippen molar-refractivity contribution < 1.29 is 14.6 Å². The molecule has 1 aliphatic heterocycles. The van der Waals surface area contributed by atoms with Crippen molar-refractivity contribution in [2.75, 3.05) is 45.7 Å². The molecule has 0 aliphatic carbocycles. The van der Waals surface area contributed by atoms with Crippen LogP contribution in [0.2, 0.25) is 0 Å². The van der Waals surface area contributed by atoms with E-state index in [4.69, 9.17) is 9.84 Å². The summed E-state index contributed by atoms with van der Waals surface area (Å²) in [5, 5.41) is 13.4. The quantitative estimate of drug-likeness (QED) is 0.412. The Balaban J connectivity index is 0.000000260. The van der Waals surface area contributed by atoms with Gasteiger partial charge in [0.15, 0.2) is 0 Å². The maximum absolute atomic E-state index is 12.4. The molecule has 0 spiro atoms. The van der Waals surface area contributed by atoms with Crippen LogP contribution in [0, 0.1) is 11.8 Å². The average Bonchev–Trinajstić information content (AvgIpc) is 2.97. The van der Waals surface area contributed by atoms with Gasteiger partial charge in [-0.05, 0) is 75.2 Å². The zero-order valence-electron chi connectivity index (χ0n) is 22.0. The second kappa shape index (κ2) is 18.5. The van der Waals surface area contributed by atoms with Crippen LogP contribution in [-0.4, -0.2) is 56.4 Å². The Morgan fingerprint density at radius 3 is 1.86 bits per heavy atom. The van der Waals surface area contributed by atoms with E-state index in [1.54, 1.807) is 7.11 Å². The standard InChI is InChI=1S/C16H25N3O2.C14H10.CH4O/c1-21-15-8-6-7-14(13-15)18-16(20)19-11-4-2-9-17-10-3-5-12-19;1-3-7-13(8-4-1)11-12-14-9-5-2-6-10-14;1-2/h6-8,13,17H,2-5,9-12H2,1H3,(H,18,20);1-10H;2H,1H3. The molecule has 3 aromatic rings. The van der Waals surface area contributed by atoms with Gasteiger partial charge in [-0.2, -0.15) is 0 Å². The van der Waals surface area contributed by atoms with E-state index in [0.29, 0.717) is 0 Å². The van der Waals surface area contributed by atoms with E-state index in [0.717, 1.165) is 81.5 Å². The van der Waals surface area contributed by atoms with Gasteiger partial charge in [-0.15, -0.1) is 0 Å². The monoisotopic (exact) mass is 501 g/mol. The van der Waals surface area contributed by atoms with Gasteiger partial charge in [-0.25, -0.2) is 4.79 Å². The summed E-state index contributed by atoms with van der Waals surface area (Å²) in [5.41, 5.74) is 2.88. The van der Waals surface area contributed by atoms with E-state index in [-0.39, 0.29) is 6.03 Å². The first kappa shape index (κ1) is 29.4. The molecule has 0 bridgehead atoms. The van der Waals surface area contributed by atoms with Gasteiger partial charge >= 0.3 is 6.03 Å². The molecular formula is C31H39N3O3. The first-order chi connectivity index (χ1) is 18.2. The average molecular weight is 502 g/mol. The number of carbonyl (C=O) groups excluding carboxylic acids is 1. The highest BCUT2D eigenvalue weighted by molar-refractivity contribution is 5.89. The van der Waals surface area contributed by atoms with E-state index in [1.807, 2.05) is 89.8 Å². The van der Waals surface area contributed by atoms with Gasteiger partial charge < -0.3 is 25.4 Å². The molecule has 0 aromatic heterocycles. The Bertz CT molecular complexity index is 1030. The zero-order valence-corrected chi connectivity index (χ0v) is 22.0. The van der Waals surface area contributed by atoms with Crippen LogP contribution in [0.4, 0.5) is 10.5 Å². The van der Waals surface area contributed by atoms with Gasteiger partial charge in [0.25, 0.3) is 0 Å². The third-order valence-electron chi connectivity index (χ3n) is 5.57. The first-order valence-electron chi connectivity index (χ1n) is 12.7. The summed E-state index contributed by atoms with van der Waals surface area (Å²) in [4.78, 5) is 14.3. The lowest BCUT2D eigenvalue weighted by Gasteiger charge is -2.24. The number of ether oxygens (including phenoxy) is 1. The molecule has 1 aliphatic rings. The van der Waals surface area contributed by atoms with Crippen LogP contribution in [0.25, 0.3) is 0 Å². The fourth-order valence-electron chi connectivity index (χ4n) is 3.64. The molecule has 0 saturated carbocycles. The molecule has 196 valence electrons. The highest BCUT2D eigenvalue weighted by Crippen LogP contribution is 2.17. The van der Waals surface area contributed by atoms with Crippen LogP contribution in [0.15, 0.2) is 84.9 Å². The number of urea groups is 1. The molecule has 4 rings (SSSR count). The molecule has 3 aromatic carbocycles. The van der Waals surface area contributed by atoms with Crippen molar-refractivity contribution in [2.24, 2.45) is 0 Å². The number of aliphatic hydroxyl groups is 1. The van der Waals surface area contributed by atoms with Gasteiger partial charge in [0, 0.05) is 43.1 Å².